The van der Waals surface area contributed by atoms with Crippen LogP contribution in [0.1, 0.15) is 19.4 Å². The van der Waals surface area contributed by atoms with Crippen LogP contribution in [0.3, 0.4) is 0 Å². The van der Waals surface area contributed by atoms with Gasteiger partial charge in [0.1, 0.15) is 0 Å². The Labute approximate surface area is 127 Å². The van der Waals surface area contributed by atoms with Crippen molar-refractivity contribution >= 4 is 11.6 Å². The van der Waals surface area contributed by atoms with Crippen LogP contribution in [-0.2, 0) is 11.3 Å². The maximum atomic E-state index is 12.1. The molecular weight excluding hydrogens is 264 g/mol. The van der Waals surface area contributed by atoms with Crippen molar-refractivity contribution in [3.05, 3.63) is 29.8 Å². The lowest BCUT2D eigenvalue weighted by atomic mass is 10.2. The summed E-state index contributed by atoms with van der Waals surface area (Å²) in [6.07, 6.45) is 0. The van der Waals surface area contributed by atoms with E-state index >= 15 is 0 Å². The summed E-state index contributed by atoms with van der Waals surface area (Å²) in [7, 11) is 0. The minimum absolute atomic E-state index is 0.0487. The van der Waals surface area contributed by atoms with Gasteiger partial charge in [-0.2, -0.15) is 0 Å². The average molecular weight is 290 g/mol. The number of benzene rings is 1. The molecule has 0 spiro atoms. The zero-order chi connectivity index (χ0) is 15.2. The van der Waals surface area contributed by atoms with Gasteiger partial charge in [-0.25, -0.2) is 0 Å². The monoisotopic (exact) mass is 290 g/mol. The normalized spacial score (nSPS) is 20.4. The van der Waals surface area contributed by atoms with Crippen molar-refractivity contribution in [2.45, 2.75) is 26.4 Å². The van der Waals surface area contributed by atoms with E-state index in [0.29, 0.717) is 19.1 Å². The fourth-order valence-electron chi connectivity index (χ4n) is 2.81. The fraction of sp³-hybridized carbons (Fsp3) is 0.562. The molecule has 1 amide bonds. The molecule has 1 saturated heterocycles. The Morgan fingerprint density at radius 1 is 1.33 bits per heavy atom. The quantitative estimate of drug-likeness (QED) is 0.853. The molecule has 2 rings (SSSR count). The van der Waals surface area contributed by atoms with Crippen LogP contribution in [0.4, 0.5) is 5.69 Å². The van der Waals surface area contributed by atoms with Gasteiger partial charge in [0.2, 0.25) is 5.91 Å². The Morgan fingerprint density at radius 2 is 2.05 bits per heavy atom. The number of nitrogens with one attached hydrogen (secondary N) is 1. The summed E-state index contributed by atoms with van der Waals surface area (Å²) >= 11 is 0. The molecule has 0 bridgehead atoms. The number of amides is 1. The van der Waals surface area contributed by atoms with Crippen LogP contribution in [-0.4, -0.2) is 54.5 Å². The number of anilines is 1. The van der Waals surface area contributed by atoms with E-state index in [2.05, 4.69) is 29.0 Å². The summed E-state index contributed by atoms with van der Waals surface area (Å²) in [4.78, 5) is 16.8. The number of nitrogens with zero attached hydrogens (tertiary/aromatic N) is 2. The molecule has 0 aromatic heterocycles. The molecule has 1 aromatic carbocycles. The maximum Gasteiger partial charge on any atom is 0.238 e. The largest absolute Gasteiger partial charge is 0.326 e. The first kappa shape index (κ1) is 15.9. The molecule has 1 unspecified atom stereocenters. The van der Waals surface area contributed by atoms with Crippen LogP contribution in [0.2, 0.25) is 0 Å². The zero-order valence-corrected chi connectivity index (χ0v) is 13.0. The Hall–Kier alpha value is -1.43. The number of carbonyl (C=O) groups excluding carboxylic acids is 1. The highest BCUT2D eigenvalue weighted by Crippen LogP contribution is 2.11. The Kier molecular flexibility index (Phi) is 5.73. The molecule has 1 heterocycles. The Balaban J connectivity index is 1.81. The summed E-state index contributed by atoms with van der Waals surface area (Å²) in [5.41, 5.74) is 7.46. The molecule has 1 aliphatic rings. The van der Waals surface area contributed by atoms with Gasteiger partial charge in [-0.15, -0.1) is 0 Å². The van der Waals surface area contributed by atoms with Gasteiger partial charge in [0.15, 0.2) is 0 Å². The van der Waals surface area contributed by atoms with Crippen LogP contribution in [0, 0.1) is 0 Å². The molecule has 21 heavy (non-hydrogen) atoms. The Bertz CT molecular complexity index is 460. The number of carbonyl (C=O) groups is 1. The highest BCUT2D eigenvalue weighted by Gasteiger charge is 2.23. The third-order valence-electron chi connectivity index (χ3n) is 4.10. The zero-order valence-electron chi connectivity index (χ0n) is 13.0. The number of likely N-dealkylation sites (N-methyl/N-ethyl adjacent to an activating group) is 1. The Morgan fingerprint density at radius 3 is 2.62 bits per heavy atom. The van der Waals surface area contributed by atoms with Crippen LogP contribution in [0.5, 0.6) is 0 Å². The van der Waals surface area contributed by atoms with Gasteiger partial charge in [0.25, 0.3) is 0 Å². The van der Waals surface area contributed by atoms with Crippen LogP contribution in [0.15, 0.2) is 24.3 Å². The van der Waals surface area contributed by atoms with Gasteiger partial charge in [-0.05, 0) is 31.2 Å². The van der Waals surface area contributed by atoms with Crippen molar-refractivity contribution in [1.82, 2.24) is 9.80 Å². The first-order chi connectivity index (χ1) is 10.1. The highest BCUT2D eigenvalue weighted by molar-refractivity contribution is 5.92. The summed E-state index contributed by atoms with van der Waals surface area (Å²) < 4.78 is 0. The van der Waals surface area contributed by atoms with E-state index in [1.165, 1.54) is 0 Å². The lowest BCUT2D eigenvalue weighted by Gasteiger charge is -2.38. The molecular formula is C16H26N4O. The lowest BCUT2D eigenvalue weighted by Crippen LogP contribution is -2.53. The van der Waals surface area contributed by atoms with Crippen molar-refractivity contribution in [3.63, 3.8) is 0 Å². The molecule has 0 radical (unpaired) electrons. The number of piperazine rings is 1. The van der Waals surface area contributed by atoms with Gasteiger partial charge in [0.05, 0.1) is 6.54 Å². The first-order valence-electron chi connectivity index (χ1n) is 7.67. The first-order valence-corrected chi connectivity index (χ1v) is 7.67. The molecule has 1 aromatic rings. The molecule has 1 fully saturated rings. The number of nitrogens with two attached hydrogens (primary N) is 1. The molecule has 116 valence electrons. The number of rotatable bonds is 5. The van der Waals surface area contributed by atoms with Crippen molar-refractivity contribution < 1.29 is 4.79 Å². The molecule has 5 heteroatoms. The summed E-state index contributed by atoms with van der Waals surface area (Å²) in [6.45, 7) is 9.41. The van der Waals surface area contributed by atoms with E-state index in [1.807, 2.05) is 24.3 Å². The van der Waals surface area contributed by atoms with E-state index in [4.69, 9.17) is 5.73 Å². The highest BCUT2D eigenvalue weighted by atomic mass is 16.2. The van der Waals surface area contributed by atoms with Gasteiger partial charge in [0, 0.05) is 37.9 Å². The maximum absolute atomic E-state index is 12.1. The molecule has 1 aliphatic heterocycles. The van der Waals surface area contributed by atoms with Gasteiger partial charge in [-0.1, -0.05) is 19.1 Å². The predicted molar refractivity (Wildman–Crippen MR) is 86.1 cm³/mol. The predicted octanol–water partition coefficient (Wildman–Crippen LogP) is 1.11. The summed E-state index contributed by atoms with van der Waals surface area (Å²) in [6, 6.07) is 8.20. The van der Waals surface area contributed by atoms with Crippen molar-refractivity contribution in [3.8, 4) is 0 Å². The topological polar surface area (TPSA) is 61.6 Å². The molecule has 3 N–H and O–H groups in total. The van der Waals surface area contributed by atoms with Crippen molar-refractivity contribution in [1.29, 1.82) is 0 Å². The smallest absolute Gasteiger partial charge is 0.238 e. The third kappa shape index (κ3) is 4.52. The second-order valence-corrected chi connectivity index (χ2v) is 5.66. The van der Waals surface area contributed by atoms with E-state index in [1.54, 1.807) is 0 Å². The fourth-order valence-corrected chi connectivity index (χ4v) is 2.81. The van der Waals surface area contributed by atoms with E-state index in [-0.39, 0.29) is 5.91 Å². The molecule has 0 aliphatic carbocycles. The van der Waals surface area contributed by atoms with Crippen LogP contribution in [0.25, 0.3) is 0 Å². The summed E-state index contributed by atoms with van der Waals surface area (Å²) in [5, 5.41) is 2.95. The van der Waals surface area contributed by atoms with Crippen molar-refractivity contribution in [2.75, 3.05) is 38.0 Å². The van der Waals surface area contributed by atoms with Crippen LogP contribution >= 0.6 is 0 Å². The van der Waals surface area contributed by atoms with E-state index in [9.17, 15) is 4.79 Å². The van der Waals surface area contributed by atoms with Crippen molar-refractivity contribution in [2.24, 2.45) is 5.73 Å². The van der Waals surface area contributed by atoms with Gasteiger partial charge in [-0.3, -0.25) is 14.6 Å². The van der Waals surface area contributed by atoms with E-state index in [0.717, 1.165) is 37.4 Å². The lowest BCUT2D eigenvalue weighted by molar-refractivity contribution is -0.118. The summed E-state index contributed by atoms with van der Waals surface area (Å²) in [5.74, 6) is 0.0487. The molecule has 5 nitrogen and oxygen atoms in total. The second kappa shape index (κ2) is 7.54. The van der Waals surface area contributed by atoms with Gasteiger partial charge < -0.3 is 11.1 Å². The minimum atomic E-state index is 0.0487. The second-order valence-electron chi connectivity index (χ2n) is 5.66. The average Bonchev–Trinajstić information content (AvgIpc) is 2.48. The SMILES string of the molecule is CCN1CCN(CC(=O)Nc2ccc(CN)cc2)CC1C. The van der Waals surface area contributed by atoms with Crippen LogP contribution < -0.4 is 11.1 Å². The standard InChI is InChI=1S/C16H26N4O/c1-3-20-9-8-19(11-13(20)2)12-16(21)18-15-6-4-14(10-17)5-7-15/h4-7,13H,3,8-12,17H2,1-2H3,(H,18,21). The molecule has 0 saturated carbocycles. The third-order valence-corrected chi connectivity index (χ3v) is 4.10. The van der Waals surface area contributed by atoms with E-state index < -0.39 is 0 Å². The van der Waals surface area contributed by atoms with Gasteiger partial charge >= 0.3 is 0 Å². The minimum Gasteiger partial charge on any atom is -0.326 e. The number of hydrogen-bond acceptors (Lipinski definition) is 4. The number of hydrogen-bond donors (Lipinski definition) is 2. The molecule has 1 atom stereocenters.